The van der Waals surface area contributed by atoms with Crippen LogP contribution in [0, 0.1) is 5.82 Å². The molecule has 2 aliphatic heterocycles. The Morgan fingerprint density at radius 2 is 1.83 bits per heavy atom. The lowest BCUT2D eigenvalue weighted by molar-refractivity contribution is 0.125. The van der Waals surface area contributed by atoms with Gasteiger partial charge in [-0.3, -0.25) is 4.90 Å². The largest absolute Gasteiger partial charge is 0.439 e. The number of nitrogens with two attached hydrogens (primary N) is 1. The van der Waals surface area contributed by atoms with E-state index in [2.05, 4.69) is 0 Å². The first kappa shape index (κ1) is 19.3. The number of sulfone groups is 1. The SMILES string of the molecule is N[C@H]1CC12CN(c1ccc(-c3cccc(N4CCS(=O)(=O)CC4)c3)c(F)c1)C(=O)O2. The van der Waals surface area contributed by atoms with Crippen LogP contribution in [-0.2, 0) is 14.6 Å². The Hall–Kier alpha value is -2.65. The number of halogens is 1. The maximum absolute atomic E-state index is 15.0. The summed E-state index contributed by atoms with van der Waals surface area (Å²) in [6, 6.07) is 11.9. The van der Waals surface area contributed by atoms with Gasteiger partial charge in [0.15, 0.2) is 9.84 Å². The Morgan fingerprint density at radius 1 is 1.10 bits per heavy atom. The number of anilines is 2. The van der Waals surface area contributed by atoms with Gasteiger partial charge in [0, 0.05) is 30.8 Å². The Kier molecular flexibility index (Phi) is 4.30. The van der Waals surface area contributed by atoms with Crippen molar-refractivity contribution in [3.8, 4) is 11.1 Å². The molecule has 5 rings (SSSR count). The fraction of sp³-hybridized carbons (Fsp3) is 0.381. The van der Waals surface area contributed by atoms with Crippen molar-refractivity contribution in [3.63, 3.8) is 0 Å². The van der Waals surface area contributed by atoms with Gasteiger partial charge in [-0.15, -0.1) is 0 Å². The molecule has 7 nitrogen and oxygen atoms in total. The Labute approximate surface area is 174 Å². The molecule has 0 aromatic heterocycles. The van der Waals surface area contributed by atoms with Crippen molar-refractivity contribution in [1.82, 2.24) is 0 Å². The van der Waals surface area contributed by atoms with Crippen LogP contribution in [0.5, 0.6) is 0 Å². The molecule has 2 saturated heterocycles. The molecule has 1 spiro atoms. The zero-order valence-electron chi connectivity index (χ0n) is 16.3. The van der Waals surface area contributed by atoms with E-state index in [1.807, 2.05) is 29.2 Å². The summed E-state index contributed by atoms with van der Waals surface area (Å²) < 4.78 is 43.7. The number of hydrogen-bond acceptors (Lipinski definition) is 6. The molecule has 3 aliphatic rings. The Balaban J connectivity index is 1.38. The first-order valence-electron chi connectivity index (χ1n) is 9.88. The van der Waals surface area contributed by atoms with Gasteiger partial charge in [-0.05, 0) is 35.9 Å². The number of rotatable bonds is 3. The molecule has 1 amide bonds. The maximum Gasteiger partial charge on any atom is 0.415 e. The first-order valence-corrected chi connectivity index (χ1v) is 11.7. The predicted octanol–water partition coefficient (Wildman–Crippen LogP) is 2.15. The second-order valence-electron chi connectivity index (χ2n) is 8.18. The van der Waals surface area contributed by atoms with Crippen LogP contribution in [0.4, 0.5) is 20.6 Å². The molecule has 9 heteroatoms. The summed E-state index contributed by atoms with van der Waals surface area (Å²) in [4.78, 5) is 15.6. The Bertz CT molecular complexity index is 1120. The number of nitrogens with zero attached hydrogens (tertiary/aromatic N) is 2. The highest BCUT2D eigenvalue weighted by molar-refractivity contribution is 7.91. The maximum atomic E-state index is 15.0. The van der Waals surface area contributed by atoms with Crippen LogP contribution in [-0.4, -0.2) is 57.3 Å². The van der Waals surface area contributed by atoms with E-state index in [1.165, 1.54) is 11.0 Å². The van der Waals surface area contributed by atoms with E-state index in [4.69, 9.17) is 10.5 Å². The fourth-order valence-electron chi connectivity index (χ4n) is 4.15. The molecule has 3 fully saturated rings. The van der Waals surface area contributed by atoms with E-state index in [-0.39, 0.29) is 17.5 Å². The lowest BCUT2D eigenvalue weighted by atomic mass is 10.0. The summed E-state index contributed by atoms with van der Waals surface area (Å²) in [5, 5.41) is 0. The van der Waals surface area contributed by atoms with E-state index in [9.17, 15) is 17.6 Å². The first-order chi connectivity index (χ1) is 14.3. The van der Waals surface area contributed by atoms with E-state index in [0.29, 0.717) is 42.9 Å². The summed E-state index contributed by atoms with van der Waals surface area (Å²) in [5.74, 6) is -0.200. The smallest absolute Gasteiger partial charge is 0.415 e. The van der Waals surface area contributed by atoms with Gasteiger partial charge < -0.3 is 15.4 Å². The lowest BCUT2D eigenvalue weighted by Crippen LogP contribution is -2.40. The Morgan fingerprint density at radius 3 is 2.47 bits per heavy atom. The quantitative estimate of drug-likeness (QED) is 0.801. The molecule has 2 aromatic rings. The van der Waals surface area contributed by atoms with Gasteiger partial charge in [0.1, 0.15) is 11.4 Å². The number of hydrogen-bond donors (Lipinski definition) is 1. The van der Waals surface area contributed by atoms with E-state index < -0.39 is 27.3 Å². The van der Waals surface area contributed by atoms with Crippen LogP contribution in [0.15, 0.2) is 42.5 Å². The fourth-order valence-corrected chi connectivity index (χ4v) is 5.35. The van der Waals surface area contributed by atoms with Gasteiger partial charge in [-0.25, -0.2) is 17.6 Å². The molecule has 2 N–H and O–H groups in total. The molecule has 1 aliphatic carbocycles. The van der Waals surface area contributed by atoms with Crippen molar-refractivity contribution in [2.45, 2.75) is 18.1 Å². The molecular formula is C21H22FN3O4S. The summed E-state index contributed by atoms with van der Waals surface area (Å²) in [6.07, 6.45) is 0.123. The van der Waals surface area contributed by atoms with E-state index in [1.54, 1.807) is 12.1 Å². The highest BCUT2D eigenvalue weighted by Gasteiger charge is 2.62. The van der Waals surface area contributed by atoms with E-state index >= 15 is 0 Å². The van der Waals surface area contributed by atoms with Crippen LogP contribution in [0.2, 0.25) is 0 Å². The van der Waals surface area contributed by atoms with Gasteiger partial charge in [-0.2, -0.15) is 0 Å². The van der Waals surface area contributed by atoms with Gasteiger partial charge in [0.25, 0.3) is 0 Å². The van der Waals surface area contributed by atoms with Crippen LogP contribution in [0.1, 0.15) is 6.42 Å². The minimum Gasteiger partial charge on any atom is -0.439 e. The third-order valence-corrected chi connectivity index (χ3v) is 7.76. The minimum atomic E-state index is -2.97. The van der Waals surface area contributed by atoms with Crippen molar-refractivity contribution < 1.29 is 22.3 Å². The van der Waals surface area contributed by atoms with E-state index in [0.717, 1.165) is 5.69 Å². The number of carbonyl (C=O) groups excluding carboxylic acids is 1. The van der Waals surface area contributed by atoms with Gasteiger partial charge in [0.05, 0.1) is 29.8 Å². The second-order valence-corrected chi connectivity index (χ2v) is 10.5. The second kappa shape index (κ2) is 6.68. The van der Waals surface area contributed by atoms with Crippen LogP contribution < -0.4 is 15.5 Å². The molecule has 2 aromatic carbocycles. The van der Waals surface area contributed by atoms with Crippen molar-refractivity contribution in [1.29, 1.82) is 0 Å². The molecule has 0 bridgehead atoms. The third-order valence-electron chi connectivity index (χ3n) is 6.15. The lowest BCUT2D eigenvalue weighted by Gasteiger charge is -2.29. The molecule has 1 saturated carbocycles. The van der Waals surface area contributed by atoms with Crippen molar-refractivity contribution in [3.05, 3.63) is 48.3 Å². The van der Waals surface area contributed by atoms with Gasteiger partial charge in [0.2, 0.25) is 0 Å². The number of carbonyl (C=O) groups is 1. The monoisotopic (exact) mass is 431 g/mol. The van der Waals surface area contributed by atoms with Crippen LogP contribution >= 0.6 is 0 Å². The molecular weight excluding hydrogens is 409 g/mol. The minimum absolute atomic E-state index is 0.122. The molecule has 30 heavy (non-hydrogen) atoms. The summed E-state index contributed by atoms with van der Waals surface area (Å²) >= 11 is 0. The molecule has 2 heterocycles. The standard InChI is InChI=1S/C21H22FN3O4S/c22-18-11-16(25-13-21(12-19(21)23)29-20(25)26)4-5-17(18)14-2-1-3-15(10-14)24-6-8-30(27,28)9-7-24/h1-5,10-11,19H,6-9,12-13,23H2/t19-,21?/m0/s1. The number of amides is 1. The number of benzene rings is 2. The molecule has 0 radical (unpaired) electrons. The zero-order valence-corrected chi connectivity index (χ0v) is 17.1. The summed E-state index contributed by atoms with van der Waals surface area (Å²) in [5.41, 5.74) is 7.65. The van der Waals surface area contributed by atoms with Crippen LogP contribution in [0.3, 0.4) is 0 Å². The normalized spacial score (nSPS) is 27.4. The number of ether oxygens (including phenoxy) is 1. The highest BCUT2D eigenvalue weighted by atomic mass is 32.2. The van der Waals surface area contributed by atoms with Crippen molar-refractivity contribution in [2.75, 3.05) is 40.9 Å². The van der Waals surface area contributed by atoms with Crippen molar-refractivity contribution in [2.24, 2.45) is 5.73 Å². The van der Waals surface area contributed by atoms with Crippen LogP contribution in [0.25, 0.3) is 11.1 Å². The summed E-state index contributed by atoms with van der Waals surface area (Å²) in [7, 11) is -2.97. The van der Waals surface area contributed by atoms with Crippen molar-refractivity contribution >= 4 is 27.3 Å². The predicted molar refractivity (Wildman–Crippen MR) is 112 cm³/mol. The average molecular weight is 431 g/mol. The molecule has 2 atom stereocenters. The molecule has 158 valence electrons. The average Bonchev–Trinajstić information content (AvgIpc) is 3.19. The summed E-state index contributed by atoms with van der Waals surface area (Å²) in [6.45, 7) is 1.18. The topological polar surface area (TPSA) is 92.9 Å². The van der Waals surface area contributed by atoms with Gasteiger partial charge >= 0.3 is 6.09 Å². The molecule has 1 unspecified atom stereocenters. The van der Waals surface area contributed by atoms with Gasteiger partial charge in [-0.1, -0.05) is 12.1 Å². The zero-order chi connectivity index (χ0) is 21.1. The third kappa shape index (κ3) is 3.31. The highest BCUT2D eigenvalue weighted by Crippen LogP contribution is 2.45.